The van der Waals surface area contributed by atoms with E-state index in [4.69, 9.17) is 4.74 Å². The maximum atomic E-state index is 12.2. The van der Waals surface area contributed by atoms with Gasteiger partial charge in [-0.25, -0.2) is 0 Å². The Labute approximate surface area is 117 Å². The first-order chi connectivity index (χ1) is 8.92. The molecule has 112 valence electrons. The second-order valence-electron chi connectivity index (χ2n) is 6.13. The summed E-state index contributed by atoms with van der Waals surface area (Å²) >= 11 is 0. The first-order valence-electron chi connectivity index (χ1n) is 7.57. The van der Waals surface area contributed by atoms with E-state index in [9.17, 15) is 4.79 Å². The van der Waals surface area contributed by atoms with Crippen LogP contribution < -0.4 is 5.32 Å². The Kier molecular flexibility index (Phi) is 6.27. The molecule has 0 bridgehead atoms. The van der Waals surface area contributed by atoms with Crippen molar-refractivity contribution >= 4 is 5.97 Å². The number of hydrogen-bond donors (Lipinski definition) is 1. The Balaban J connectivity index is 2.66. The molecule has 4 heteroatoms. The number of ether oxygens (including phenoxy) is 1. The lowest BCUT2D eigenvalue weighted by Gasteiger charge is -2.32. The molecule has 1 rings (SSSR count). The standard InChI is InChI=1S/C15H30N2O2/c1-6-8-16-15(5,14(18)19-7-2)11-17-9-12(3)13(4)10-17/h12-13,16H,6-11H2,1-5H3. The molecular formula is C15H30N2O2. The Morgan fingerprint density at radius 3 is 2.37 bits per heavy atom. The first kappa shape index (κ1) is 16.4. The molecule has 0 aromatic heterocycles. The summed E-state index contributed by atoms with van der Waals surface area (Å²) in [5.74, 6) is 1.28. The number of likely N-dealkylation sites (tertiary alicyclic amines) is 1. The van der Waals surface area contributed by atoms with Crippen molar-refractivity contribution < 1.29 is 9.53 Å². The van der Waals surface area contributed by atoms with Crippen LogP contribution in [0.5, 0.6) is 0 Å². The number of nitrogens with zero attached hydrogens (tertiary/aromatic N) is 1. The third-order valence-corrected chi connectivity index (χ3v) is 4.09. The van der Waals surface area contributed by atoms with Gasteiger partial charge in [0.15, 0.2) is 0 Å². The van der Waals surface area contributed by atoms with Gasteiger partial charge in [-0.05, 0) is 38.6 Å². The molecule has 0 aliphatic carbocycles. The summed E-state index contributed by atoms with van der Waals surface area (Å²) in [6, 6.07) is 0. The minimum atomic E-state index is -0.587. The quantitative estimate of drug-likeness (QED) is 0.717. The molecule has 1 saturated heterocycles. The Hall–Kier alpha value is -0.610. The Morgan fingerprint density at radius 2 is 1.89 bits per heavy atom. The van der Waals surface area contributed by atoms with Crippen molar-refractivity contribution in [2.75, 3.05) is 32.8 Å². The molecule has 1 aliphatic heterocycles. The molecule has 3 unspecified atom stereocenters. The zero-order valence-corrected chi connectivity index (χ0v) is 13.2. The van der Waals surface area contributed by atoms with Gasteiger partial charge in [-0.1, -0.05) is 20.8 Å². The van der Waals surface area contributed by atoms with E-state index in [0.717, 1.165) is 32.6 Å². The molecular weight excluding hydrogens is 240 g/mol. The molecule has 0 spiro atoms. The highest BCUT2D eigenvalue weighted by Crippen LogP contribution is 2.24. The van der Waals surface area contributed by atoms with Gasteiger partial charge in [0.1, 0.15) is 5.54 Å². The van der Waals surface area contributed by atoms with Gasteiger partial charge >= 0.3 is 5.97 Å². The van der Waals surface area contributed by atoms with E-state index in [1.54, 1.807) is 0 Å². The second-order valence-corrected chi connectivity index (χ2v) is 6.13. The summed E-state index contributed by atoms with van der Waals surface area (Å²) < 4.78 is 5.24. The largest absolute Gasteiger partial charge is 0.465 e. The Bertz CT molecular complexity index is 286. The van der Waals surface area contributed by atoms with Crippen LogP contribution in [0.1, 0.15) is 41.0 Å². The zero-order chi connectivity index (χ0) is 14.5. The molecule has 1 fully saturated rings. The maximum absolute atomic E-state index is 12.2. The molecule has 0 saturated carbocycles. The van der Waals surface area contributed by atoms with E-state index in [-0.39, 0.29) is 5.97 Å². The number of esters is 1. The highest BCUT2D eigenvalue weighted by atomic mass is 16.5. The van der Waals surface area contributed by atoms with Crippen molar-refractivity contribution in [2.24, 2.45) is 11.8 Å². The molecule has 0 radical (unpaired) electrons. The van der Waals surface area contributed by atoms with Gasteiger partial charge in [-0.2, -0.15) is 0 Å². The van der Waals surface area contributed by atoms with Gasteiger partial charge < -0.3 is 15.0 Å². The summed E-state index contributed by atoms with van der Waals surface area (Å²) in [5.41, 5.74) is -0.587. The molecule has 0 aromatic carbocycles. The van der Waals surface area contributed by atoms with Crippen LogP contribution in [0, 0.1) is 11.8 Å². The topological polar surface area (TPSA) is 41.6 Å². The van der Waals surface area contributed by atoms with Gasteiger partial charge in [-0.3, -0.25) is 4.79 Å². The van der Waals surface area contributed by atoms with Gasteiger partial charge in [-0.15, -0.1) is 0 Å². The van der Waals surface area contributed by atoms with Crippen LogP contribution in [0.4, 0.5) is 0 Å². The first-order valence-corrected chi connectivity index (χ1v) is 7.57. The fraction of sp³-hybridized carbons (Fsp3) is 0.933. The molecule has 19 heavy (non-hydrogen) atoms. The van der Waals surface area contributed by atoms with Gasteiger partial charge in [0.05, 0.1) is 6.61 Å². The van der Waals surface area contributed by atoms with E-state index >= 15 is 0 Å². The van der Waals surface area contributed by atoms with Crippen LogP contribution in [0.15, 0.2) is 0 Å². The van der Waals surface area contributed by atoms with E-state index in [1.807, 2.05) is 13.8 Å². The fourth-order valence-electron chi connectivity index (χ4n) is 2.71. The molecule has 1 heterocycles. The summed E-state index contributed by atoms with van der Waals surface area (Å²) in [7, 11) is 0. The average Bonchev–Trinajstić information content (AvgIpc) is 2.66. The molecule has 4 nitrogen and oxygen atoms in total. The third kappa shape index (κ3) is 4.46. The average molecular weight is 270 g/mol. The smallest absolute Gasteiger partial charge is 0.327 e. The normalized spacial score (nSPS) is 27.2. The highest BCUT2D eigenvalue weighted by Gasteiger charge is 2.38. The van der Waals surface area contributed by atoms with Crippen molar-refractivity contribution in [1.82, 2.24) is 10.2 Å². The number of rotatable bonds is 7. The van der Waals surface area contributed by atoms with E-state index in [0.29, 0.717) is 18.4 Å². The highest BCUT2D eigenvalue weighted by molar-refractivity contribution is 5.80. The van der Waals surface area contributed by atoms with Crippen molar-refractivity contribution in [3.63, 3.8) is 0 Å². The van der Waals surface area contributed by atoms with Crippen LogP contribution in [-0.4, -0.2) is 49.2 Å². The SMILES string of the molecule is CCCNC(C)(CN1CC(C)C(C)C1)C(=O)OCC. The lowest BCUT2D eigenvalue weighted by molar-refractivity contribution is -0.151. The van der Waals surface area contributed by atoms with Gasteiger partial charge in [0, 0.05) is 19.6 Å². The van der Waals surface area contributed by atoms with E-state index in [2.05, 4.69) is 31.0 Å². The monoisotopic (exact) mass is 270 g/mol. The maximum Gasteiger partial charge on any atom is 0.327 e. The summed E-state index contributed by atoms with van der Waals surface area (Å²) in [6.07, 6.45) is 1.02. The fourth-order valence-corrected chi connectivity index (χ4v) is 2.71. The summed E-state index contributed by atoms with van der Waals surface area (Å²) in [4.78, 5) is 14.6. The molecule has 0 aromatic rings. The molecule has 1 N–H and O–H groups in total. The van der Waals surface area contributed by atoms with E-state index < -0.39 is 5.54 Å². The van der Waals surface area contributed by atoms with Gasteiger partial charge in [0.2, 0.25) is 0 Å². The molecule has 0 amide bonds. The van der Waals surface area contributed by atoms with Crippen LogP contribution >= 0.6 is 0 Å². The third-order valence-electron chi connectivity index (χ3n) is 4.09. The number of carbonyl (C=O) groups excluding carboxylic acids is 1. The molecule has 3 atom stereocenters. The number of nitrogens with one attached hydrogen (secondary N) is 1. The number of hydrogen-bond acceptors (Lipinski definition) is 4. The van der Waals surface area contributed by atoms with Crippen molar-refractivity contribution in [3.05, 3.63) is 0 Å². The Morgan fingerprint density at radius 1 is 1.32 bits per heavy atom. The van der Waals surface area contributed by atoms with Gasteiger partial charge in [0.25, 0.3) is 0 Å². The summed E-state index contributed by atoms with van der Waals surface area (Å²) in [6.45, 7) is 14.7. The predicted molar refractivity (Wildman–Crippen MR) is 78.1 cm³/mol. The zero-order valence-electron chi connectivity index (χ0n) is 13.2. The minimum Gasteiger partial charge on any atom is -0.465 e. The van der Waals surface area contributed by atoms with Crippen LogP contribution in [0.2, 0.25) is 0 Å². The van der Waals surface area contributed by atoms with Crippen molar-refractivity contribution in [2.45, 2.75) is 46.6 Å². The second kappa shape index (κ2) is 7.25. The van der Waals surface area contributed by atoms with Crippen LogP contribution in [-0.2, 0) is 9.53 Å². The van der Waals surface area contributed by atoms with Crippen molar-refractivity contribution in [1.29, 1.82) is 0 Å². The van der Waals surface area contributed by atoms with E-state index in [1.165, 1.54) is 0 Å². The summed E-state index contributed by atoms with van der Waals surface area (Å²) in [5, 5.41) is 3.37. The lowest BCUT2D eigenvalue weighted by Crippen LogP contribution is -2.57. The lowest BCUT2D eigenvalue weighted by atomic mass is 10.0. The predicted octanol–water partition coefficient (Wildman–Crippen LogP) is 1.90. The minimum absolute atomic E-state index is 0.129. The molecule has 1 aliphatic rings. The van der Waals surface area contributed by atoms with Crippen molar-refractivity contribution in [3.8, 4) is 0 Å². The van der Waals surface area contributed by atoms with Crippen LogP contribution in [0.25, 0.3) is 0 Å². The number of carbonyl (C=O) groups is 1. The van der Waals surface area contributed by atoms with Crippen LogP contribution in [0.3, 0.4) is 0 Å².